The largest absolute Gasteiger partial charge is 0.446 e. The number of benzene rings is 2. The van der Waals surface area contributed by atoms with Crippen molar-refractivity contribution in [2.24, 2.45) is 5.92 Å². The molecule has 0 saturated heterocycles. The second kappa shape index (κ2) is 8.34. The molecule has 1 unspecified atom stereocenters. The Labute approximate surface area is 177 Å². The van der Waals surface area contributed by atoms with Crippen molar-refractivity contribution in [3.8, 4) is 0 Å². The van der Waals surface area contributed by atoms with Gasteiger partial charge in [0.25, 0.3) is 0 Å². The van der Waals surface area contributed by atoms with Gasteiger partial charge in [0, 0.05) is 30.8 Å². The molecule has 2 aliphatic rings. The number of ether oxygens (including phenoxy) is 1. The molecular formula is C25H28N2O3. The second-order valence-electron chi connectivity index (χ2n) is 8.45. The Hall–Kier alpha value is -3.08. The summed E-state index contributed by atoms with van der Waals surface area (Å²) in [6, 6.07) is 19.7. The maximum absolute atomic E-state index is 12.9. The molecule has 0 bridgehead atoms. The summed E-state index contributed by atoms with van der Waals surface area (Å²) in [4.78, 5) is 27.4. The van der Waals surface area contributed by atoms with Crippen LogP contribution in [-0.4, -0.2) is 30.0 Å². The van der Waals surface area contributed by atoms with Crippen molar-refractivity contribution in [2.45, 2.75) is 38.8 Å². The Morgan fingerprint density at radius 3 is 2.43 bits per heavy atom. The Balaban J connectivity index is 1.58. The van der Waals surface area contributed by atoms with Gasteiger partial charge in [0.15, 0.2) is 5.60 Å². The fraction of sp³-hybridized carbons (Fsp3) is 0.360. The minimum Gasteiger partial charge on any atom is -0.446 e. The highest BCUT2D eigenvalue weighted by Crippen LogP contribution is 2.48. The van der Waals surface area contributed by atoms with Gasteiger partial charge in [0.2, 0.25) is 0 Å². The van der Waals surface area contributed by atoms with E-state index in [9.17, 15) is 9.59 Å². The summed E-state index contributed by atoms with van der Waals surface area (Å²) in [6.07, 6.45) is 1.22. The number of carbonyl (C=O) groups excluding carboxylic acids is 2. The number of esters is 1. The molecule has 0 fully saturated rings. The van der Waals surface area contributed by atoms with Crippen LogP contribution in [0.5, 0.6) is 0 Å². The predicted molar refractivity (Wildman–Crippen MR) is 116 cm³/mol. The van der Waals surface area contributed by atoms with E-state index in [-0.39, 0.29) is 12.0 Å². The number of nitrogens with zero attached hydrogens (tertiary/aromatic N) is 1. The van der Waals surface area contributed by atoms with Crippen LogP contribution in [0.3, 0.4) is 0 Å². The lowest BCUT2D eigenvalue weighted by Gasteiger charge is -2.37. The summed E-state index contributed by atoms with van der Waals surface area (Å²) in [7, 11) is 0. The van der Waals surface area contributed by atoms with Crippen molar-refractivity contribution in [1.29, 1.82) is 0 Å². The van der Waals surface area contributed by atoms with E-state index in [2.05, 4.69) is 19.2 Å². The van der Waals surface area contributed by atoms with Crippen LogP contribution in [0.1, 0.15) is 37.8 Å². The third-order valence-corrected chi connectivity index (χ3v) is 5.86. The highest BCUT2D eigenvalue weighted by atomic mass is 16.6. The maximum atomic E-state index is 12.9. The highest BCUT2D eigenvalue weighted by molar-refractivity contribution is 5.94. The molecule has 2 heterocycles. The van der Waals surface area contributed by atoms with Crippen LogP contribution in [0.15, 0.2) is 71.8 Å². The monoisotopic (exact) mass is 404 g/mol. The topological polar surface area (TPSA) is 58.6 Å². The fourth-order valence-corrected chi connectivity index (χ4v) is 4.50. The van der Waals surface area contributed by atoms with Crippen LogP contribution >= 0.6 is 0 Å². The number of amides is 2. The number of cyclic esters (lactones) is 1. The standard InChI is InChI=1S/C25H28N2O3/c1-18(2)15-25(20-11-7-4-8-12-20)22-17-27(14-13-21(22)23(28)30-25)24(29)26-16-19-9-5-3-6-10-19/h3-12,18H,13-17H2,1-2H3,(H,26,29). The lowest BCUT2D eigenvalue weighted by molar-refractivity contribution is -0.149. The van der Waals surface area contributed by atoms with Crippen LogP contribution in [0, 0.1) is 5.92 Å². The molecule has 30 heavy (non-hydrogen) atoms. The minimum atomic E-state index is -0.791. The number of nitrogens with one attached hydrogen (secondary N) is 1. The Kier molecular flexibility index (Phi) is 5.62. The summed E-state index contributed by atoms with van der Waals surface area (Å²) in [6.45, 7) is 5.66. The number of urea groups is 1. The summed E-state index contributed by atoms with van der Waals surface area (Å²) in [5, 5.41) is 3.01. The molecule has 0 aromatic heterocycles. The quantitative estimate of drug-likeness (QED) is 0.752. The molecule has 2 aromatic rings. The van der Waals surface area contributed by atoms with Gasteiger partial charge in [-0.3, -0.25) is 0 Å². The first-order valence-corrected chi connectivity index (χ1v) is 10.6. The van der Waals surface area contributed by atoms with Gasteiger partial charge in [-0.15, -0.1) is 0 Å². The van der Waals surface area contributed by atoms with E-state index < -0.39 is 5.60 Å². The van der Waals surface area contributed by atoms with Crippen LogP contribution in [-0.2, 0) is 21.7 Å². The van der Waals surface area contributed by atoms with E-state index in [0.29, 0.717) is 38.4 Å². The third-order valence-electron chi connectivity index (χ3n) is 5.86. The van der Waals surface area contributed by atoms with Crippen molar-refractivity contribution >= 4 is 12.0 Å². The average Bonchev–Trinajstić information content (AvgIpc) is 3.05. The molecule has 2 aliphatic heterocycles. The molecule has 0 aliphatic carbocycles. The van der Waals surface area contributed by atoms with Gasteiger partial charge in [-0.1, -0.05) is 74.5 Å². The summed E-state index contributed by atoms with van der Waals surface area (Å²) in [5.41, 5.74) is 2.92. The first kappa shape index (κ1) is 20.2. The molecule has 1 atom stereocenters. The average molecular weight is 405 g/mol. The number of carbonyl (C=O) groups is 2. The molecule has 1 N–H and O–H groups in total. The normalized spacial score (nSPS) is 20.9. The van der Waals surface area contributed by atoms with Gasteiger partial charge in [-0.05, 0) is 29.9 Å². The smallest absolute Gasteiger partial charge is 0.335 e. The molecule has 5 heteroatoms. The van der Waals surface area contributed by atoms with E-state index in [1.807, 2.05) is 60.7 Å². The first-order chi connectivity index (χ1) is 14.5. The number of hydrogen-bond acceptors (Lipinski definition) is 3. The lowest BCUT2D eigenvalue weighted by atomic mass is 9.77. The maximum Gasteiger partial charge on any atom is 0.335 e. The number of hydrogen-bond donors (Lipinski definition) is 1. The van der Waals surface area contributed by atoms with Crippen molar-refractivity contribution in [2.75, 3.05) is 13.1 Å². The van der Waals surface area contributed by atoms with Crippen molar-refractivity contribution < 1.29 is 14.3 Å². The zero-order chi connectivity index (χ0) is 21.1. The second-order valence-corrected chi connectivity index (χ2v) is 8.45. The van der Waals surface area contributed by atoms with Crippen LogP contribution in [0.4, 0.5) is 4.79 Å². The molecule has 0 radical (unpaired) electrons. The number of rotatable bonds is 5. The Morgan fingerprint density at radius 1 is 1.10 bits per heavy atom. The van der Waals surface area contributed by atoms with Crippen molar-refractivity contribution in [3.05, 3.63) is 82.9 Å². The van der Waals surface area contributed by atoms with E-state index in [1.165, 1.54) is 0 Å². The van der Waals surface area contributed by atoms with Crippen LogP contribution < -0.4 is 5.32 Å². The predicted octanol–water partition coefficient (Wildman–Crippen LogP) is 4.40. The van der Waals surface area contributed by atoms with Gasteiger partial charge >= 0.3 is 12.0 Å². The summed E-state index contributed by atoms with van der Waals surface area (Å²) >= 11 is 0. The van der Waals surface area contributed by atoms with Crippen molar-refractivity contribution in [1.82, 2.24) is 10.2 Å². The van der Waals surface area contributed by atoms with Gasteiger partial charge in [-0.25, -0.2) is 9.59 Å². The first-order valence-electron chi connectivity index (χ1n) is 10.6. The molecule has 0 saturated carbocycles. The van der Waals surface area contributed by atoms with Crippen LogP contribution in [0.25, 0.3) is 0 Å². The highest BCUT2D eigenvalue weighted by Gasteiger charge is 2.50. The van der Waals surface area contributed by atoms with Gasteiger partial charge in [0.05, 0.1) is 0 Å². The molecule has 5 nitrogen and oxygen atoms in total. The summed E-state index contributed by atoms with van der Waals surface area (Å²) in [5.74, 6) is 0.0889. The summed E-state index contributed by atoms with van der Waals surface area (Å²) < 4.78 is 6.08. The van der Waals surface area contributed by atoms with Gasteiger partial charge < -0.3 is 15.0 Å². The Bertz CT molecular complexity index is 953. The third kappa shape index (κ3) is 3.84. The van der Waals surface area contributed by atoms with E-state index >= 15 is 0 Å². The zero-order valence-corrected chi connectivity index (χ0v) is 17.6. The molecule has 4 rings (SSSR count). The zero-order valence-electron chi connectivity index (χ0n) is 17.6. The lowest BCUT2D eigenvalue weighted by Crippen LogP contribution is -2.46. The van der Waals surface area contributed by atoms with E-state index in [0.717, 1.165) is 22.3 Å². The molecule has 0 spiro atoms. The SMILES string of the molecule is CC(C)CC1(c2ccccc2)OC(=O)C2=C1CN(C(=O)NCc1ccccc1)CC2. The molecule has 2 amide bonds. The fourth-order valence-electron chi connectivity index (χ4n) is 4.50. The van der Waals surface area contributed by atoms with E-state index in [4.69, 9.17) is 4.74 Å². The molecule has 2 aromatic carbocycles. The van der Waals surface area contributed by atoms with E-state index in [1.54, 1.807) is 4.90 Å². The van der Waals surface area contributed by atoms with Crippen molar-refractivity contribution in [3.63, 3.8) is 0 Å². The minimum absolute atomic E-state index is 0.115. The van der Waals surface area contributed by atoms with Gasteiger partial charge in [-0.2, -0.15) is 0 Å². The van der Waals surface area contributed by atoms with Gasteiger partial charge in [0.1, 0.15) is 0 Å². The molecule has 156 valence electrons. The molecular weight excluding hydrogens is 376 g/mol. The Morgan fingerprint density at radius 2 is 1.77 bits per heavy atom. The van der Waals surface area contributed by atoms with Crippen LogP contribution in [0.2, 0.25) is 0 Å².